The van der Waals surface area contributed by atoms with Crippen LogP contribution in [0.4, 0.5) is 5.69 Å². The molecule has 0 aliphatic heterocycles. The molecule has 0 fully saturated rings. The molecule has 2 N–H and O–H groups in total. The Balaban J connectivity index is 1.66. The predicted octanol–water partition coefficient (Wildman–Crippen LogP) is 3.82. The quantitative estimate of drug-likeness (QED) is 0.606. The number of nitrogens with zero attached hydrogens (tertiary/aromatic N) is 2. The zero-order chi connectivity index (χ0) is 16.8. The third kappa shape index (κ3) is 4.37. The summed E-state index contributed by atoms with van der Waals surface area (Å²) in [5.41, 5.74) is 9.71. The molecule has 0 radical (unpaired) electrons. The van der Waals surface area contributed by atoms with E-state index in [-0.39, 0.29) is 0 Å². The standard InChI is InChI=1S/C18H19BrN4O/c1-24-18-8-7-14(10-20-22-17-5-3-2-4-6-17)9-15(18)12-23-13-16(19)11-21-23/h2-9,11,13,20,22H,10,12H2,1H3. The van der Waals surface area contributed by atoms with E-state index < -0.39 is 0 Å². The van der Waals surface area contributed by atoms with Gasteiger partial charge in [-0.15, -0.1) is 0 Å². The number of nitrogens with one attached hydrogen (secondary N) is 2. The summed E-state index contributed by atoms with van der Waals surface area (Å²) in [6.45, 7) is 1.36. The van der Waals surface area contributed by atoms with Crippen molar-refractivity contribution in [2.24, 2.45) is 0 Å². The van der Waals surface area contributed by atoms with Gasteiger partial charge >= 0.3 is 0 Å². The van der Waals surface area contributed by atoms with Crippen LogP contribution in [0, 0.1) is 0 Å². The van der Waals surface area contributed by atoms with E-state index in [0.29, 0.717) is 13.1 Å². The van der Waals surface area contributed by atoms with E-state index in [9.17, 15) is 0 Å². The van der Waals surface area contributed by atoms with E-state index in [1.807, 2.05) is 47.3 Å². The topological polar surface area (TPSA) is 51.1 Å². The van der Waals surface area contributed by atoms with Gasteiger partial charge in [0.2, 0.25) is 0 Å². The predicted molar refractivity (Wildman–Crippen MR) is 98.9 cm³/mol. The molecule has 3 rings (SSSR count). The first-order chi connectivity index (χ1) is 11.7. The second kappa shape index (κ2) is 7.99. The lowest BCUT2D eigenvalue weighted by Gasteiger charge is -2.12. The van der Waals surface area contributed by atoms with Crippen molar-refractivity contribution in [2.75, 3.05) is 12.5 Å². The molecule has 0 aliphatic rings. The Morgan fingerprint density at radius 1 is 1.17 bits per heavy atom. The van der Waals surface area contributed by atoms with Crippen LogP contribution in [0.1, 0.15) is 11.1 Å². The summed E-state index contributed by atoms with van der Waals surface area (Å²) in [7, 11) is 1.69. The monoisotopic (exact) mass is 386 g/mol. The van der Waals surface area contributed by atoms with Crippen molar-refractivity contribution in [2.45, 2.75) is 13.1 Å². The molecule has 124 valence electrons. The number of para-hydroxylation sites is 1. The van der Waals surface area contributed by atoms with Gasteiger partial charge in [0.15, 0.2) is 0 Å². The zero-order valence-corrected chi connectivity index (χ0v) is 15.0. The SMILES string of the molecule is COc1ccc(CNNc2ccccc2)cc1Cn1cc(Br)cn1. The van der Waals surface area contributed by atoms with Crippen LogP contribution in [0.15, 0.2) is 65.4 Å². The van der Waals surface area contributed by atoms with Gasteiger partial charge in [-0.05, 0) is 45.8 Å². The summed E-state index contributed by atoms with van der Waals surface area (Å²) in [6.07, 6.45) is 3.73. The van der Waals surface area contributed by atoms with Crippen LogP contribution in [0.5, 0.6) is 5.75 Å². The summed E-state index contributed by atoms with van der Waals surface area (Å²) >= 11 is 3.42. The fourth-order valence-corrected chi connectivity index (χ4v) is 2.76. The van der Waals surface area contributed by atoms with Gasteiger partial charge in [0, 0.05) is 24.0 Å². The van der Waals surface area contributed by atoms with Crippen molar-refractivity contribution in [3.63, 3.8) is 0 Å². The Bertz CT molecular complexity index is 789. The minimum atomic E-state index is 0.661. The number of aromatic nitrogens is 2. The summed E-state index contributed by atoms with van der Waals surface area (Å²) in [5, 5.41) is 4.30. The molecule has 24 heavy (non-hydrogen) atoms. The third-order valence-electron chi connectivity index (χ3n) is 3.58. The molecule has 5 nitrogen and oxygen atoms in total. The molecule has 0 spiro atoms. The van der Waals surface area contributed by atoms with Gasteiger partial charge in [-0.2, -0.15) is 5.10 Å². The average molecular weight is 387 g/mol. The maximum absolute atomic E-state index is 5.46. The number of benzene rings is 2. The highest BCUT2D eigenvalue weighted by molar-refractivity contribution is 9.10. The molecule has 0 aliphatic carbocycles. The Hall–Kier alpha value is -2.31. The minimum absolute atomic E-state index is 0.661. The average Bonchev–Trinajstić information content (AvgIpc) is 3.01. The maximum atomic E-state index is 5.46. The maximum Gasteiger partial charge on any atom is 0.123 e. The molecule has 2 aromatic carbocycles. The van der Waals surface area contributed by atoms with Gasteiger partial charge in [0.05, 0.1) is 24.3 Å². The summed E-state index contributed by atoms with van der Waals surface area (Å²) in [5.74, 6) is 0.862. The molecule has 6 heteroatoms. The fourth-order valence-electron chi connectivity index (χ4n) is 2.43. The molecule has 0 unspecified atom stereocenters. The Kier molecular flexibility index (Phi) is 5.51. The van der Waals surface area contributed by atoms with E-state index in [1.54, 1.807) is 13.3 Å². The first-order valence-electron chi connectivity index (χ1n) is 7.62. The van der Waals surface area contributed by atoms with Gasteiger partial charge in [-0.25, -0.2) is 5.43 Å². The Labute approximate surface area is 149 Å². The smallest absolute Gasteiger partial charge is 0.123 e. The highest BCUT2D eigenvalue weighted by Crippen LogP contribution is 2.21. The normalized spacial score (nSPS) is 10.6. The largest absolute Gasteiger partial charge is 0.496 e. The number of rotatable bonds is 7. The summed E-state index contributed by atoms with van der Waals surface area (Å²) < 4.78 is 8.30. The molecule has 0 saturated heterocycles. The number of methoxy groups -OCH3 is 1. The lowest BCUT2D eigenvalue weighted by atomic mass is 10.1. The second-order valence-electron chi connectivity index (χ2n) is 5.35. The Morgan fingerprint density at radius 3 is 2.71 bits per heavy atom. The molecular weight excluding hydrogens is 368 g/mol. The number of hydrogen-bond donors (Lipinski definition) is 2. The van der Waals surface area contributed by atoms with Gasteiger partial charge < -0.3 is 10.2 Å². The highest BCUT2D eigenvalue weighted by Gasteiger charge is 2.06. The van der Waals surface area contributed by atoms with Crippen molar-refractivity contribution in [3.05, 3.63) is 76.5 Å². The van der Waals surface area contributed by atoms with Crippen molar-refractivity contribution < 1.29 is 4.74 Å². The first-order valence-corrected chi connectivity index (χ1v) is 8.41. The van der Waals surface area contributed by atoms with Crippen LogP contribution in [0.2, 0.25) is 0 Å². The lowest BCUT2D eigenvalue weighted by Crippen LogP contribution is -2.20. The number of hydrogen-bond acceptors (Lipinski definition) is 4. The second-order valence-corrected chi connectivity index (χ2v) is 6.26. The number of hydrazine groups is 1. The highest BCUT2D eigenvalue weighted by atomic mass is 79.9. The van der Waals surface area contributed by atoms with Gasteiger partial charge in [-0.1, -0.05) is 24.3 Å². The van der Waals surface area contributed by atoms with Crippen LogP contribution >= 0.6 is 15.9 Å². The summed E-state index contributed by atoms with van der Waals surface area (Å²) in [6, 6.07) is 16.2. The van der Waals surface area contributed by atoms with Crippen LogP contribution in [0.25, 0.3) is 0 Å². The number of anilines is 1. The van der Waals surface area contributed by atoms with E-state index in [0.717, 1.165) is 21.5 Å². The van der Waals surface area contributed by atoms with Crippen LogP contribution < -0.4 is 15.6 Å². The van der Waals surface area contributed by atoms with Crippen molar-refractivity contribution in [3.8, 4) is 5.75 Å². The van der Waals surface area contributed by atoms with Crippen LogP contribution in [-0.4, -0.2) is 16.9 Å². The first kappa shape index (κ1) is 16.5. The van der Waals surface area contributed by atoms with E-state index >= 15 is 0 Å². The molecular formula is C18H19BrN4O. The van der Waals surface area contributed by atoms with Gasteiger partial charge in [0.1, 0.15) is 5.75 Å². The van der Waals surface area contributed by atoms with Crippen molar-refractivity contribution >= 4 is 21.6 Å². The molecule has 0 bridgehead atoms. The van der Waals surface area contributed by atoms with E-state index in [4.69, 9.17) is 4.74 Å². The molecule has 1 aromatic heterocycles. The number of halogens is 1. The summed E-state index contributed by atoms with van der Waals surface area (Å²) in [4.78, 5) is 0. The Morgan fingerprint density at radius 2 is 2.00 bits per heavy atom. The lowest BCUT2D eigenvalue weighted by molar-refractivity contribution is 0.407. The van der Waals surface area contributed by atoms with Crippen molar-refractivity contribution in [1.82, 2.24) is 15.2 Å². The zero-order valence-electron chi connectivity index (χ0n) is 13.4. The molecule has 0 saturated carbocycles. The molecule has 1 heterocycles. The minimum Gasteiger partial charge on any atom is -0.496 e. The number of ether oxygens (including phenoxy) is 1. The van der Waals surface area contributed by atoms with Crippen LogP contribution in [-0.2, 0) is 13.1 Å². The van der Waals surface area contributed by atoms with E-state index in [1.165, 1.54) is 5.56 Å². The van der Waals surface area contributed by atoms with Gasteiger partial charge in [-0.3, -0.25) is 4.68 Å². The van der Waals surface area contributed by atoms with Crippen LogP contribution in [0.3, 0.4) is 0 Å². The van der Waals surface area contributed by atoms with Gasteiger partial charge in [0.25, 0.3) is 0 Å². The molecule has 0 amide bonds. The fraction of sp³-hybridized carbons (Fsp3) is 0.167. The third-order valence-corrected chi connectivity index (χ3v) is 3.99. The molecule has 0 atom stereocenters. The van der Waals surface area contributed by atoms with Crippen molar-refractivity contribution in [1.29, 1.82) is 0 Å². The molecule has 3 aromatic rings. The van der Waals surface area contributed by atoms with E-state index in [2.05, 4.69) is 44.0 Å².